The molecule has 1 fully saturated rings. The number of hydrogen-bond acceptors (Lipinski definition) is 0. The Bertz CT molecular complexity index is 829. The summed E-state index contributed by atoms with van der Waals surface area (Å²) in [5.74, 6) is 5.32. The minimum Gasteiger partial charge on any atom is -0.204 e. The van der Waals surface area contributed by atoms with Crippen LogP contribution < -0.4 is 0 Å². The van der Waals surface area contributed by atoms with Crippen LogP contribution in [-0.4, -0.2) is 0 Å². The van der Waals surface area contributed by atoms with E-state index in [1.54, 1.807) is 0 Å². The van der Waals surface area contributed by atoms with E-state index in [9.17, 15) is 8.78 Å². The van der Waals surface area contributed by atoms with Crippen LogP contribution >= 0.6 is 0 Å². The van der Waals surface area contributed by atoms with E-state index in [-0.39, 0.29) is 0 Å². The molecule has 0 atom stereocenters. The van der Waals surface area contributed by atoms with E-state index in [2.05, 4.69) is 49.1 Å². The van der Waals surface area contributed by atoms with E-state index in [1.165, 1.54) is 49.3 Å². The van der Waals surface area contributed by atoms with E-state index < -0.39 is 11.6 Å². The van der Waals surface area contributed by atoms with Crippen LogP contribution in [0.15, 0.2) is 54.6 Å². The Morgan fingerprint density at radius 1 is 0.963 bits per heavy atom. The van der Waals surface area contributed by atoms with Gasteiger partial charge in [-0.15, -0.1) is 0 Å². The summed E-state index contributed by atoms with van der Waals surface area (Å²) in [6, 6.07) is 12.9. The van der Waals surface area contributed by atoms with Crippen LogP contribution in [-0.2, 0) is 6.42 Å². The van der Waals surface area contributed by atoms with E-state index in [0.29, 0.717) is 17.4 Å². The lowest BCUT2D eigenvalue weighted by Crippen LogP contribution is -2.11. The van der Waals surface area contributed by atoms with Crippen LogP contribution in [0.4, 0.5) is 8.78 Å². The van der Waals surface area contributed by atoms with Crippen molar-refractivity contribution in [3.8, 4) is 11.8 Å². The maximum absolute atomic E-state index is 13.2. The maximum Gasteiger partial charge on any atom is 0.160 e. The van der Waals surface area contributed by atoms with Crippen molar-refractivity contribution in [1.82, 2.24) is 0 Å². The molecule has 1 aliphatic rings. The second-order valence-electron chi connectivity index (χ2n) is 7.36. The molecule has 0 amide bonds. The van der Waals surface area contributed by atoms with Gasteiger partial charge in [0.15, 0.2) is 11.6 Å². The first-order chi connectivity index (χ1) is 13.2. The molecule has 0 N–H and O–H groups in total. The number of hydrogen-bond donors (Lipinski definition) is 0. The van der Waals surface area contributed by atoms with Gasteiger partial charge in [0, 0.05) is 5.56 Å². The van der Waals surface area contributed by atoms with Crippen molar-refractivity contribution in [2.75, 3.05) is 0 Å². The lowest BCUT2D eigenvalue weighted by Gasteiger charge is -2.27. The Morgan fingerprint density at radius 2 is 1.70 bits per heavy atom. The average Bonchev–Trinajstić information content (AvgIpc) is 2.69. The van der Waals surface area contributed by atoms with Crippen molar-refractivity contribution in [1.29, 1.82) is 0 Å². The number of halogens is 2. The van der Waals surface area contributed by atoms with Crippen LogP contribution in [0.2, 0.25) is 0 Å². The molecule has 0 heterocycles. The normalized spacial score (nSPS) is 19.7. The van der Waals surface area contributed by atoms with Gasteiger partial charge in [-0.1, -0.05) is 55.5 Å². The van der Waals surface area contributed by atoms with Crippen molar-refractivity contribution in [2.24, 2.45) is 5.92 Å². The van der Waals surface area contributed by atoms with Gasteiger partial charge in [0.2, 0.25) is 0 Å². The zero-order valence-corrected chi connectivity index (χ0v) is 15.8. The monoisotopic (exact) mass is 364 g/mol. The van der Waals surface area contributed by atoms with Crippen molar-refractivity contribution < 1.29 is 8.78 Å². The van der Waals surface area contributed by atoms with Gasteiger partial charge in [-0.25, -0.2) is 8.78 Å². The predicted octanol–water partition coefficient (Wildman–Crippen LogP) is 6.80. The largest absolute Gasteiger partial charge is 0.204 e. The Morgan fingerprint density at radius 3 is 2.37 bits per heavy atom. The van der Waals surface area contributed by atoms with Crippen LogP contribution in [0.3, 0.4) is 0 Å². The Kier molecular flexibility index (Phi) is 6.82. The molecule has 2 aromatic rings. The molecule has 2 aromatic carbocycles. The molecule has 0 nitrogen and oxygen atoms in total. The number of allylic oxidation sites excluding steroid dienone is 2. The molecule has 27 heavy (non-hydrogen) atoms. The van der Waals surface area contributed by atoms with E-state index in [4.69, 9.17) is 0 Å². The highest BCUT2D eigenvalue weighted by molar-refractivity contribution is 5.37. The van der Waals surface area contributed by atoms with Gasteiger partial charge < -0.3 is 0 Å². The molecule has 0 bridgehead atoms. The third-order valence-electron chi connectivity index (χ3n) is 5.35. The second kappa shape index (κ2) is 9.51. The van der Waals surface area contributed by atoms with Gasteiger partial charge in [-0.05, 0) is 79.3 Å². The highest BCUT2D eigenvalue weighted by Gasteiger charge is 2.20. The summed E-state index contributed by atoms with van der Waals surface area (Å²) in [7, 11) is 0. The lowest BCUT2D eigenvalue weighted by atomic mass is 9.78. The van der Waals surface area contributed by atoms with Gasteiger partial charge >= 0.3 is 0 Å². The van der Waals surface area contributed by atoms with E-state index in [1.807, 2.05) is 6.08 Å². The van der Waals surface area contributed by atoms with Crippen molar-refractivity contribution >= 4 is 0 Å². The molecule has 0 aliphatic heterocycles. The van der Waals surface area contributed by atoms with Gasteiger partial charge in [0.1, 0.15) is 0 Å². The molecule has 0 spiro atoms. The van der Waals surface area contributed by atoms with Gasteiger partial charge in [0.05, 0.1) is 0 Å². The fraction of sp³-hybridized carbons (Fsp3) is 0.360. The molecular formula is C25H26F2. The first-order valence-electron chi connectivity index (χ1n) is 9.88. The third kappa shape index (κ3) is 5.54. The summed E-state index contributed by atoms with van der Waals surface area (Å²) < 4.78 is 26.1. The second-order valence-corrected chi connectivity index (χ2v) is 7.36. The average molecular weight is 364 g/mol. The van der Waals surface area contributed by atoms with Gasteiger partial charge in [0.25, 0.3) is 0 Å². The Hall–Kier alpha value is -2.40. The van der Waals surface area contributed by atoms with E-state index >= 15 is 0 Å². The summed E-state index contributed by atoms with van der Waals surface area (Å²) in [6.07, 6.45) is 11.1. The molecule has 0 saturated heterocycles. The third-order valence-corrected chi connectivity index (χ3v) is 5.35. The number of rotatable bonds is 4. The summed E-state index contributed by atoms with van der Waals surface area (Å²) in [5.41, 5.74) is 3.39. The van der Waals surface area contributed by atoms with Crippen molar-refractivity contribution in [3.63, 3.8) is 0 Å². The van der Waals surface area contributed by atoms with Crippen LogP contribution in [0.5, 0.6) is 0 Å². The van der Waals surface area contributed by atoms with Crippen LogP contribution in [0.1, 0.15) is 61.6 Å². The Labute approximate surface area is 161 Å². The SMILES string of the molecule is CCCc1ccc(C2CCC(C=CC#Cc3ccc(F)c(F)c3)CC2)cc1. The number of benzene rings is 2. The van der Waals surface area contributed by atoms with Crippen molar-refractivity contribution in [3.05, 3.63) is 82.9 Å². The minimum atomic E-state index is -0.855. The maximum atomic E-state index is 13.2. The zero-order chi connectivity index (χ0) is 19.1. The first-order valence-corrected chi connectivity index (χ1v) is 9.88. The molecular weight excluding hydrogens is 338 g/mol. The van der Waals surface area contributed by atoms with E-state index in [0.717, 1.165) is 18.6 Å². The summed E-state index contributed by atoms with van der Waals surface area (Å²) in [4.78, 5) is 0. The van der Waals surface area contributed by atoms with Gasteiger partial charge in [-0.2, -0.15) is 0 Å². The standard InChI is InChI=1S/C25H26F2/c1-2-5-19-8-13-22(14-9-19)23-15-10-20(11-16-23)6-3-4-7-21-12-17-24(26)25(27)18-21/h3,6,8-9,12-14,17-18,20,23H,2,5,10-11,15-16H2,1H3. The topological polar surface area (TPSA) is 0 Å². The smallest absolute Gasteiger partial charge is 0.160 e. The summed E-state index contributed by atoms with van der Waals surface area (Å²) in [5, 5.41) is 0. The van der Waals surface area contributed by atoms with Gasteiger partial charge in [-0.3, -0.25) is 0 Å². The lowest BCUT2D eigenvalue weighted by molar-refractivity contribution is 0.376. The highest BCUT2D eigenvalue weighted by Crippen LogP contribution is 2.36. The highest BCUT2D eigenvalue weighted by atomic mass is 19.2. The molecule has 3 rings (SSSR count). The summed E-state index contributed by atoms with van der Waals surface area (Å²) in [6.45, 7) is 2.21. The minimum absolute atomic E-state index is 0.494. The molecule has 1 saturated carbocycles. The quantitative estimate of drug-likeness (QED) is 0.523. The molecule has 0 radical (unpaired) electrons. The zero-order valence-electron chi connectivity index (χ0n) is 15.8. The fourth-order valence-corrected chi connectivity index (χ4v) is 3.77. The first kappa shape index (κ1) is 19.4. The Balaban J connectivity index is 1.50. The molecule has 140 valence electrons. The molecule has 0 aromatic heterocycles. The molecule has 2 heteroatoms. The number of aryl methyl sites for hydroxylation is 1. The molecule has 0 unspecified atom stereocenters. The van der Waals surface area contributed by atoms with Crippen LogP contribution in [0.25, 0.3) is 0 Å². The van der Waals surface area contributed by atoms with Crippen LogP contribution in [0, 0.1) is 29.4 Å². The predicted molar refractivity (Wildman–Crippen MR) is 108 cm³/mol. The molecule has 1 aliphatic carbocycles. The fourth-order valence-electron chi connectivity index (χ4n) is 3.77. The van der Waals surface area contributed by atoms with Crippen molar-refractivity contribution in [2.45, 2.75) is 51.4 Å². The summed E-state index contributed by atoms with van der Waals surface area (Å²) >= 11 is 0.